The maximum atomic E-state index is 4.33. The van der Waals surface area contributed by atoms with Crippen LogP contribution in [0.3, 0.4) is 0 Å². The van der Waals surface area contributed by atoms with Crippen molar-refractivity contribution in [1.29, 1.82) is 0 Å². The van der Waals surface area contributed by atoms with Gasteiger partial charge in [0, 0.05) is 31.7 Å². The lowest BCUT2D eigenvalue weighted by atomic mass is 10.2. The van der Waals surface area contributed by atoms with Crippen LogP contribution in [0.1, 0.15) is 16.8 Å². The average Bonchev–Trinajstić information content (AvgIpc) is 2.33. The Morgan fingerprint density at radius 1 is 1.12 bits per heavy atom. The third kappa shape index (κ3) is 3.14. The Bertz CT molecular complexity index is 423. The van der Waals surface area contributed by atoms with Crippen molar-refractivity contribution >= 4 is 0 Å². The number of aromatic nitrogens is 2. The minimum Gasteiger partial charge on any atom is -0.307 e. The second-order valence-electron chi connectivity index (χ2n) is 3.79. The number of nitrogens with one attached hydrogen (secondary N) is 1. The van der Waals surface area contributed by atoms with Gasteiger partial charge in [0.25, 0.3) is 0 Å². The fraction of sp³-hybridized carbons (Fsp3) is 0.231. The first-order valence-electron chi connectivity index (χ1n) is 5.36. The van der Waals surface area contributed by atoms with Crippen LogP contribution >= 0.6 is 0 Å². The molecule has 0 fully saturated rings. The molecule has 0 saturated carbocycles. The van der Waals surface area contributed by atoms with Crippen molar-refractivity contribution in [2.24, 2.45) is 0 Å². The summed E-state index contributed by atoms with van der Waals surface area (Å²) in [6.45, 7) is 3.65. The standard InChI is InChI=1S/C13H15N3/c1-11-4-5-13(16-7-11)10-15-9-12-3-2-6-14-8-12/h2-8,15H,9-10H2,1H3. The molecule has 0 aliphatic rings. The quantitative estimate of drug-likeness (QED) is 0.845. The third-order valence-electron chi connectivity index (χ3n) is 2.33. The molecule has 2 heterocycles. The highest BCUT2D eigenvalue weighted by Crippen LogP contribution is 1.99. The van der Waals surface area contributed by atoms with Gasteiger partial charge in [0.05, 0.1) is 5.69 Å². The van der Waals surface area contributed by atoms with E-state index in [-0.39, 0.29) is 0 Å². The molecule has 0 radical (unpaired) electrons. The summed E-state index contributed by atoms with van der Waals surface area (Å²) >= 11 is 0. The highest BCUT2D eigenvalue weighted by Gasteiger charge is 1.94. The molecule has 2 rings (SSSR count). The fourth-order valence-corrected chi connectivity index (χ4v) is 1.44. The van der Waals surface area contributed by atoms with E-state index >= 15 is 0 Å². The first-order chi connectivity index (χ1) is 7.84. The van der Waals surface area contributed by atoms with E-state index in [0.29, 0.717) is 0 Å². The van der Waals surface area contributed by atoms with Gasteiger partial charge in [0.1, 0.15) is 0 Å². The summed E-state index contributed by atoms with van der Waals surface area (Å²) < 4.78 is 0. The van der Waals surface area contributed by atoms with Crippen LogP contribution in [0.4, 0.5) is 0 Å². The molecule has 3 heteroatoms. The van der Waals surface area contributed by atoms with Crippen molar-refractivity contribution in [3.63, 3.8) is 0 Å². The predicted molar refractivity (Wildman–Crippen MR) is 63.8 cm³/mol. The highest BCUT2D eigenvalue weighted by atomic mass is 14.9. The largest absolute Gasteiger partial charge is 0.307 e. The molecule has 2 aromatic rings. The van der Waals surface area contributed by atoms with Crippen LogP contribution < -0.4 is 5.32 Å². The van der Waals surface area contributed by atoms with Crippen molar-refractivity contribution in [3.05, 3.63) is 59.7 Å². The molecular formula is C13H15N3. The van der Waals surface area contributed by atoms with E-state index in [9.17, 15) is 0 Å². The predicted octanol–water partition coefficient (Wildman–Crippen LogP) is 2.07. The number of hydrogen-bond donors (Lipinski definition) is 1. The summed E-state index contributed by atoms with van der Waals surface area (Å²) in [4.78, 5) is 8.40. The van der Waals surface area contributed by atoms with Gasteiger partial charge in [-0.3, -0.25) is 9.97 Å². The van der Waals surface area contributed by atoms with Gasteiger partial charge in [-0.1, -0.05) is 12.1 Å². The number of pyridine rings is 2. The zero-order valence-corrected chi connectivity index (χ0v) is 9.35. The third-order valence-corrected chi connectivity index (χ3v) is 2.33. The number of hydrogen-bond acceptors (Lipinski definition) is 3. The first kappa shape index (κ1) is 10.8. The number of aryl methyl sites for hydroxylation is 1. The van der Waals surface area contributed by atoms with Crippen molar-refractivity contribution in [3.8, 4) is 0 Å². The van der Waals surface area contributed by atoms with Gasteiger partial charge in [-0.2, -0.15) is 0 Å². The zero-order chi connectivity index (χ0) is 11.2. The minimum absolute atomic E-state index is 0.787. The molecule has 0 aliphatic carbocycles. The molecule has 0 bridgehead atoms. The van der Waals surface area contributed by atoms with Crippen molar-refractivity contribution in [1.82, 2.24) is 15.3 Å². The smallest absolute Gasteiger partial charge is 0.0541 e. The summed E-state index contributed by atoms with van der Waals surface area (Å²) in [7, 11) is 0. The molecule has 0 saturated heterocycles. The van der Waals surface area contributed by atoms with Gasteiger partial charge in [0.15, 0.2) is 0 Å². The highest BCUT2D eigenvalue weighted by molar-refractivity contribution is 5.12. The number of nitrogens with zero attached hydrogens (tertiary/aromatic N) is 2. The minimum atomic E-state index is 0.787. The zero-order valence-electron chi connectivity index (χ0n) is 9.35. The Morgan fingerprint density at radius 2 is 2.06 bits per heavy atom. The second kappa shape index (κ2) is 5.37. The molecule has 3 nitrogen and oxygen atoms in total. The summed E-state index contributed by atoms with van der Waals surface area (Å²) in [5, 5.41) is 3.33. The summed E-state index contributed by atoms with van der Waals surface area (Å²) in [6.07, 6.45) is 5.54. The van der Waals surface area contributed by atoms with E-state index in [2.05, 4.69) is 27.4 Å². The molecule has 16 heavy (non-hydrogen) atoms. The molecule has 0 aromatic carbocycles. The maximum Gasteiger partial charge on any atom is 0.0541 e. The maximum absolute atomic E-state index is 4.33. The fourth-order valence-electron chi connectivity index (χ4n) is 1.44. The molecule has 0 amide bonds. The lowest BCUT2D eigenvalue weighted by Gasteiger charge is -2.04. The lowest BCUT2D eigenvalue weighted by molar-refractivity contribution is 0.677. The monoisotopic (exact) mass is 213 g/mol. The molecule has 82 valence electrons. The van der Waals surface area contributed by atoms with E-state index in [4.69, 9.17) is 0 Å². The molecule has 0 spiro atoms. The van der Waals surface area contributed by atoms with Gasteiger partial charge < -0.3 is 5.32 Å². The Labute approximate surface area is 95.6 Å². The SMILES string of the molecule is Cc1ccc(CNCc2cccnc2)nc1. The van der Waals surface area contributed by atoms with Gasteiger partial charge in [-0.15, -0.1) is 0 Å². The van der Waals surface area contributed by atoms with Crippen molar-refractivity contribution in [2.75, 3.05) is 0 Å². The Kier molecular flexibility index (Phi) is 3.62. The van der Waals surface area contributed by atoms with Gasteiger partial charge in [-0.25, -0.2) is 0 Å². The van der Waals surface area contributed by atoms with E-state index in [0.717, 1.165) is 18.8 Å². The molecule has 2 aromatic heterocycles. The molecule has 0 atom stereocenters. The van der Waals surface area contributed by atoms with E-state index < -0.39 is 0 Å². The van der Waals surface area contributed by atoms with Crippen molar-refractivity contribution < 1.29 is 0 Å². The normalized spacial score (nSPS) is 10.3. The van der Waals surface area contributed by atoms with Crippen LogP contribution in [-0.4, -0.2) is 9.97 Å². The Balaban J connectivity index is 1.82. The second-order valence-corrected chi connectivity index (χ2v) is 3.79. The van der Waals surface area contributed by atoms with Gasteiger partial charge >= 0.3 is 0 Å². The number of rotatable bonds is 4. The summed E-state index contributed by atoms with van der Waals surface area (Å²) in [5.41, 5.74) is 3.44. The molecule has 1 N–H and O–H groups in total. The van der Waals surface area contributed by atoms with Crippen LogP contribution in [-0.2, 0) is 13.1 Å². The Hall–Kier alpha value is -1.74. The van der Waals surface area contributed by atoms with E-state index in [1.165, 1.54) is 11.1 Å². The first-order valence-corrected chi connectivity index (χ1v) is 5.36. The molecule has 0 unspecified atom stereocenters. The Morgan fingerprint density at radius 3 is 2.75 bits per heavy atom. The summed E-state index contributed by atoms with van der Waals surface area (Å²) in [5.74, 6) is 0. The van der Waals surface area contributed by atoms with E-state index in [1.54, 1.807) is 6.20 Å². The van der Waals surface area contributed by atoms with E-state index in [1.807, 2.05) is 31.5 Å². The molecule has 0 aliphatic heterocycles. The summed E-state index contributed by atoms with van der Waals surface area (Å²) in [6, 6.07) is 8.13. The lowest BCUT2D eigenvalue weighted by Crippen LogP contribution is -2.13. The van der Waals surface area contributed by atoms with Crippen LogP contribution in [0, 0.1) is 6.92 Å². The van der Waals surface area contributed by atoms with Crippen LogP contribution in [0.15, 0.2) is 42.9 Å². The van der Waals surface area contributed by atoms with Crippen LogP contribution in [0.2, 0.25) is 0 Å². The van der Waals surface area contributed by atoms with Crippen LogP contribution in [0.5, 0.6) is 0 Å². The van der Waals surface area contributed by atoms with Crippen LogP contribution in [0.25, 0.3) is 0 Å². The topological polar surface area (TPSA) is 37.8 Å². The molecular weight excluding hydrogens is 198 g/mol. The van der Waals surface area contributed by atoms with Gasteiger partial charge in [0.2, 0.25) is 0 Å². The van der Waals surface area contributed by atoms with Crippen molar-refractivity contribution in [2.45, 2.75) is 20.0 Å². The average molecular weight is 213 g/mol. The van der Waals surface area contributed by atoms with Gasteiger partial charge in [-0.05, 0) is 30.2 Å².